The van der Waals surface area contributed by atoms with Gasteiger partial charge in [0, 0.05) is 25.4 Å². The van der Waals surface area contributed by atoms with Crippen LogP contribution in [0.3, 0.4) is 0 Å². The molecular weight excluding hydrogens is 235 g/mol. The van der Waals surface area contributed by atoms with Gasteiger partial charge >= 0.3 is 0 Å². The van der Waals surface area contributed by atoms with Gasteiger partial charge in [-0.1, -0.05) is 6.07 Å². The maximum absolute atomic E-state index is 12.5. The zero-order valence-electron chi connectivity index (χ0n) is 6.49. The predicted molar refractivity (Wildman–Crippen MR) is 40.8 cm³/mol. The molecule has 0 aliphatic heterocycles. The van der Waals surface area contributed by atoms with Crippen molar-refractivity contribution in [2.75, 3.05) is 5.88 Å². The van der Waals surface area contributed by atoms with Crippen LogP contribution in [0.4, 0.5) is 8.78 Å². The quantitative estimate of drug-likeness (QED) is 0.552. The smallest absolute Gasteiger partial charge is 0.159 e. The summed E-state index contributed by atoms with van der Waals surface area (Å²) in [4.78, 5) is 0. The molecule has 1 rings (SSSR count). The standard InChI is InChI=1S/C8H7ClF2.Zn/c9-4-3-6-1-2-7(10)8(11)5-6;/h1-2,5H,3-4H2;. The Morgan fingerprint density at radius 1 is 1.17 bits per heavy atom. The Labute approximate surface area is 87.7 Å². The van der Waals surface area contributed by atoms with E-state index < -0.39 is 11.6 Å². The van der Waals surface area contributed by atoms with E-state index in [1.54, 1.807) is 0 Å². The molecule has 0 aromatic heterocycles. The first-order valence-electron chi connectivity index (χ1n) is 3.24. The van der Waals surface area contributed by atoms with E-state index in [-0.39, 0.29) is 19.5 Å². The number of halogens is 3. The van der Waals surface area contributed by atoms with Gasteiger partial charge in [0.2, 0.25) is 0 Å². The predicted octanol–water partition coefficient (Wildman–Crippen LogP) is 2.74. The van der Waals surface area contributed by atoms with Crippen molar-refractivity contribution in [1.29, 1.82) is 0 Å². The average Bonchev–Trinajstić information content (AvgIpc) is 1.98. The van der Waals surface area contributed by atoms with Gasteiger partial charge in [0.15, 0.2) is 11.6 Å². The topological polar surface area (TPSA) is 0 Å². The van der Waals surface area contributed by atoms with Gasteiger partial charge in [0.05, 0.1) is 0 Å². The third kappa shape index (κ3) is 3.16. The summed E-state index contributed by atoms with van der Waals surface area (Å²) < 4.78 is 24.8. The number of hydrogen-bond donors (Lipinski definition) is 0. The largest absolute Gasteiger partial charge is 0.204 e. The number of alkyl halides is 1. The van der Waals surface area contributed by atoms with Crippen LogP contribution in [0.5, 0.6) is 0 Å². The van der Waals surface area contributed by atoms with Crippen LogP contribution in [0.2, 0.25) is 0 Å². The molecule has 4 heteroatoms. The minimum Gasteiger partial charge on any atom is -0.204 e. The molecule has 0 heterocycles. The van der Waals surface area contributed by atoms with Crippen LogP contribution in [0.15, 0.2) is 18.2 Å². The summed E-state index contributed by atoms with van der Waals surface area (Å²) in [6, 6.07) is 3.80. The van der Waals surface area contributed by atoms with Crippen LogP contribution in [0.1, 0.15) is 5.56 Å². The summed E-state index contributed by atoms with van der Waals surface area (Å²) in [5, 5.41) is 0. The van der Waals surface area contributed by atoms with E-state index >= 15 is 0 Å². The third-order valence-electron chi connectivity index (χ3n) is 1.37. The second-order valence-electron chi connectivity index (χ2n) is 2.19. The first kappa shape index (κ1) is 12.0. The Hall–Kier alpha value is -0.00662. The summed E-state index contributed by atoms with van der Waals surface area (Å²) in [7, 11) is 0. The van der Waals surface area contributed by atoms with Crippen LogP contribution < -0.4 is 0 Å². The molecule has 0 N–H and O–H groups in total. The molecule has 0 saturated heterocycles. The maximum atomic E-state index is 12.5. The second-order valence-corrected chi connectivity index (χ2v) is 2.57. The normalized spacial score (nSPS) is 9.25. The van der Waals surface area contributed by atoms with Gasteiger partial charge in [-0.05, 0) is 24.1 Å². The van der Waals surface area contributed by atoms with Crippen molar-refractivity contribution in [2.24, 2.45) is 0 Å². The summed E-state index contributed by atoms with van der Waals surface area (Å²) in [5.41, 5.74) is 0.721. The Bertz CT molecular complexity index is 253. The molecule has 0 amide bonds. The van der Waals surface area contributed by atoms with Gasteiger partial charge in [-0.3, -0.25) is 0 Å². The first-order valence-corrected chi connectivity index (χ1v) is 3.77. The van der Waals surface area contributed by atoms with Crippen molar-refractivity contribution >= 4 is 11.6 Å². The molecule has 0 spiro atoms. The van der Waals surface area contributed by atoms with Crippen LogP contribution in [-0.4, -0.2) is 5.88 Å². The zero-order valence-corrected chi connectivity index (χ0v) is 10.2. The van der Waals surface area contributed by atoms with Crippen LogP contribution >= 0.6 is 11.6 Å². The molecule has 0 nitrogen and oxygen atoms in total. The number of hydrogen-bond acceptors (Lipinski definition) is 0. The maximum Gasteiger partial charge on any atom is 0.159 e. The molecule has 0 fully saturated rings. The Morgan fingerprint density at radius 3 is 2.33 bits per heavy atom. The van der Waals surface area contributed by atoms with Gasteiger partial charge < -0.3 is 0 Å². The molecule has 0 saturated carbocycles. The van der Waals surface area contributed by atoms with Crippen molar-refractivity contribution in [3.05, 3.63) is 35.4 Å². The summed E-state index contributed by atoms with van der Waals surface area (Å²) in [6.07, 6.45) is 0.568. The molecule has 62 valence electrons. The van der Waals surface area contributed by atoms with Crippen molar-refractivity contribution in [1.82, 2.24) is 0 Å². The van der Waals surface area contributed by atoms with E-state index in [0.29, 0.717) is 12.3 Å². The fraction of sp³-hybridized carbons (Fsp3) is 0.250. The van der Waals surface area contributed by atoms with Gasteiger partial charge in [0.25, 0.3) is 0 Å². The van der Waals surface area contributed by atoms with E-state index in [4.69, 9.17) is 11.6 Å². The van der Waals surface area contributed by atoms with E-state index in [1.165, 1.54) is 6.07 Å². The molecule has 0 aliphatic rings. The van der Waals surface area contributed by atoms with Crippen LogP contribution in [-0.2, 0) is 25.9 Å². The second kappa shape index (κ2) is 5.61. The Kier molecular flexibility index (Phi) is 5.60. The van der Waals surface area contributed by atoms with E-state index in [1.807, 2.05) is 0 Å². The monoisotopic (exact) mass is 240 g/mol. The van der Waals surface area contributed by atoms with Crippen molar-refractivity contribution in [2.45, 2.75) is 6.42 Å². The van der Waals surface area contributed by atoms with Gasteiger partial charge in [-0.25, -0.2) is 8.78 Å². The summed E-state index contributed by atoms with van der Waals surface area (Å²) >= 11 is 5.41. The molecule has 0 radical (unpaired) electrons. The number of aryl methyl sites for hydroxylation is 1. The van der Waals surface area contributed by atoms with Gasteiger partial charge in [0.1, 0.15) is 0 Å². The SMILES string of the molecule is Fc1ccc(CCCl)cc1F.[Zn]. The fourth-order valence-electron chi connectivity index (χ4n) is 0.804. The number of benzene rings is 1. The third-order valence-corrected chi connectivity index (χ3v) is 1.56. The molecule has 0 unspecified atom stereocenters. The molecule has 1 aromatic rings. The minimum atomic E-state index is -0.816. The number of rotatable bonds is 2. The van der Waals surface area contributed by atoms with Crippen LogP contribution in [0, 0.1) is 11.6 Å². The summed E-state index contributed by atoms with van der Waals surface area (Å²) in [6.45, 7) is 0. The zero-order chi connectivity index (χ0) is 8.27. The van der Waals surface area contributed by atoms with Crippen molar-refractivity contribution in [3.63, 3.8) is 0 Å². The minimum absolute atomic E-state index is 0. The van der Waals surface area contributed by atoms with Crippen molar-refractivity contribution < 1.29 is 28.3 Å². The Balaban J connectivity index is 0.00000121. The van der Waals surface area contributed by atoms with E-state index in [2.05, 4.69) is 0 Å². The van der Waals surface area contributed by atoms with Gasteiger partial charge in [-0.2, -0.15) is 0 Å². The average molecular weight is 242 g/mol. The van der Waals surface area contributed by atoms with Crippen molar-refractivity contribution in [3.8, 4) is 0 Å². The summed E-state index contributed by atoms with van der Waals surface area (Å²) in [5.74, 6) is -1.21. The first-order chi connectivity index (χ1) is 5.24. The Morgan fingerprint density at radius 2 is 1.83 bits per heavy atom. The molecule has 12 heavy (non-hydrogen) atoms. The van der Waals surface area contributed by atoms with E-state index in [0.717, 1.165) is 17.7 Å². The van der Waals surface area contributed by atoms with Gasteiger partial charge in [-0.15, -0.1) is 11.6 Å². The molecular formula is C8H7ClF2Zn. The fourth-order valence-corrected chi connectivity index (χ4v) is 1.02. The molecule has 0 aliphatic carbocycles. The van der Waals surface area contributed by atoms with E-state index in [9.17, 15) is 8.78 Å². The molecule has 1 aromatic carbocycles. The molecule has 0 atom stereocenters. The van der Waals surface area contributed by atoms with Crippen LogP contribution in [0.25, 0.3) is 0 Å². The molecule has 0 bridgehead atoms.